The van der Waals surface area contributed by atoms with Gasteiger partial charge in [0.05, 0.1) is 6.54 Å². The third kappa shape index (κ3) is 2.53. The summed E-state index contributed by atoms with van der Waals surface area (Å²) in [7, 11) is 0. The summed E-state index contributed by atoms with van der Waals surface area (Å²) >= 11 is 7.34. The Morgan fingerprint density at radius 2 is 2.20 bits per heavy atom. The number of aryl methyl sites for hydroxylation is 2. The van der Waals surface area contributed by atoms with Crippen molar-refractivity contribution in [1.29, 1.82) is 0 Å². The van der Waals surface area contributed by atoms with E-state index in [-0.39, 0.29) is 0 Å². The van der Waals surface area contributed by atoms with Crippen molar-refractivity contribution >= 4 is 39.5 Å². The molecule has 3 nitrogen and oxygen atoms in total. The number of hydrogen-bond acceptors (Lipinski definition) is 3. The summed E-state index contributed by atoms with van der Waals surface area (Å²) in [6.45, 7) is 6.08. The largest absolute Gasteiger partial charge is 0.380 e. The number of nitrogens with one attached hydrogen (secondary N) is 1. The molecule has 0 atom stereocenters. The maximum Gasteiger partial charge on any atom is 0.183 e. The lowest BCUT2D eigenvalue weighted by atomic mass is 10.2. The third-order valence-electron chi connectivity index (χ3n) is 3.42. The average Bonchev–Trinajstić information content (AvgIpc) is 2.98. The van der Waals surface area contributed by atoms with Gasteiger partial charge < -0.3 is 9.88 Å². The van der Waals surface area contributed by atoms with Crippen LogP contribution in [0.1, 0.15) is 17.5 Å². The minimum absolute atomic E-state index is 0.591. The topological polar surface area (TPSA) is 29.9 Å². The van der Waals surface area contributed by atoms with Crippen molar-refractivity contribution in [2.75, 3.05) is 5.32 Å². The first kappa shape index (κ1) is 13.5. The number of fused-ring (bicyclic) bond motifs is 1. The number of halogens is 1. The predicted octanol–water partition coefficient (Wildman–Crippen LogP) is 4.69. The molecule has 3 rings (SSSR count). The second kappa shape index (κ2) is 5.46. The molecule has 0 spiro atoms. The van der Waals surface area contributed by atoms with Gasteiger partial charge in [0.1, 0.15) is 0 Å². The van der Waals surface area contributed by atoms with Crippen LogP contribution in [0.2, 0.25) is 4.47 Å². The fraction of sp³-hybridized carbons (Fsp3) is 0.267. The van der Waals surface area contributed by atoms with Crippen LogP contribution in [0.4, 0.5) is 5.69 Å². The van der Waals surface area contributed by atoms with E-state index in [4.69, 9.17) is 11.6 Å². The molecular weight excluding hydrogens is 290 g/mol. The Bertz CT molecular complexity index is 745. The van der Waals surface area contributed by atoms with Crippen molar-refractivity contribution in [3.8, 4) is 0 Å². The van der Waals surface area contributed by atoms with E-state index >= 15 is 0 Å². The predicted molar refractivity (Wildman–Crippen MR) is 86.8 cm³/mol. The molecule has 0 aliphatic carbocycles. The third-order valence-corrected chi connectivity index (χ3v) is 4.53. The maximum absolute atomic E-state index is 5.83. The van der Waals surface area contributed by atoms with E-state index in [0.717, 1.165) is 23.7 Å². The van der Waals surface area contributed by atoms with Crippen molar-refractivity contribution in [2.24, 2.45) is 0 Å². The van der Waals surface area contributed by atoms with Gasteiger partial charge in [-0.2, -0.15) is 0 Å². The molecule has 20 heavy (non-hydrogen) atoms. The first-order valence-electron chi connectivity index (χ1n) is 6.61. The molecule has 3 aromatic rings. The Hall–Kier alpha value is -1.52. The maximum atomic E-state index is 5.83. The molecule has 0 saturated carbocycles. The number of anilines is 1. The molecule has 1 N–H and O–H groups in total. The molecule has 104 valence electrons. The van der Waals surface area contributed by atoms with Gasteiger partial charge in [-0.05, 0) is 38.1 Å². The lowest BCUT2D eigenvalue weighted by molar-refractivity contribution is 0.770. The molecule has 0 bridgehead atoms. The SMILES string of the molecule is CCn1c(C)cc2cc(NCc3cnc(Cl)s3)ccc21. The first-order valence-corrected chi connectivity index (χ1v) is 7.81. The average molecular weight is 306 g/mol. The second-order valence-electron chi connectivity index (χ2n) is 4.74. The first-order chi connectivity index (χ1) is 9.67. The van der Waals surface area contributed by atoms with Crippen molar-refractivity contribution < 1.29 is 0 Å². The summed E-state index contributed by atoms with van der Waals surface area (Å²) in [5.74, 6) is 0. The summed E-state index contributed by atoms with van der Waals surface area (Å²) in [5, 5.41) is 4.69. The Morgan fingerprint density at radius 1 is 1.35 bits per heavy atom. The molecule has 2 aromatic heterocycles. The molecule has 0 aliphatic heterocycles. The van der Waals surface area contributed by atoms with Crippen LogP contribution >= 0.6 is 22.9 Å². The highest BCUT2D eigenvalue weighted by molar-refractivity contribution is 7.15. The summed E-state index contributed by atoms with van der Waals surface area (Å²) in [5.41, 5.74) is 3.71. The zero-order chi connectivity index (χ0) is 14.1. The van der Waals surface area contributed by atoms with Crippen LogP contribution in [-0.2, 0) is 13.1 Å². The molecular formula is C15H16ClN3S. The smallest absolute Gasteiger partial charge is 0.183 e. The highest BCUT2D eigenvalue weighted by Gasteiger charge is 2.05. The standard InChI is InChI=1S/C15H16ClN3S/c1-3-19-10(2)6-11-7-12(4-5-14(11)19)17-8-13-9-18-15(16)20-13/h4-7,9,17H,3,8H2,1-2H3. The zero-order valence-corrected chi connectivity index (χ0v) is 13.1. The van der Waals surface area contributed by atoms with Gasteiger partial charge in [-0.25, -0.2) is 4.98 Å². The molecule has 2 heterocycles. The molecule has 0 amide bonds. The zero-order valence-electron chi connectivity index (χ0n) is 11.5. The van der Waals surface area contributed by atoms with Crippen LogP contribution in [0.5, 0.6) is 0 Å². The Kier molecular flexibility index (Phi) is 3.68. The van der Waals surface area contributed by atoms with E-state index in [0.29, 0.717) is 4.47 Å². The fourth-order valence-electron chi connectivity index (χ4n) is 2.49. The Balaban J connectivity index is 1.82. The van der Waals surface area contributed by atoms with Gasteiger partial charge in [-0.15, -0.1) is 11.3 Å². The second-order valence-corrected chi connectivity index (χ2v) is 6.43. The highest BCUT2D eigenvalue weighted by Crippen LogP contribution is 2.24. The van der Waals surface area contributed by atoms with Crippen LogP contribution < -0.4 is 5.32 Å². The molecule has 0 saturated heterocycles. The fourth-order valence-corrected chi connectivity index (χ4v) is 3.41. The minimum Gasteiger partial charge on any atom is -0.380 e. The molecule has 0 unspecified atom stereocenters. The summed E-state index contributed by atoms with van der Waals surface area (Å²) in [6, 6.07) is 8.72. The summed E-state index contributed by atoms with van der Waals surface area (Å²) < 4.78 is 2.91. The molecule has 0 fully saturated rings. The van der Waals surface area contributed by atoms with Crippen LogP contribution in [0.15, 0.2) is 30.5 Å². The van der Waals surface area contributed by atoms with E-state index in [9.17, 15) is 0 Å². The number of rotatable bonds is 4. The Morgan fingerprint density at radius 3 is 2.90 bits per heavy atom. The van der Waals surface area contributed by atoms with Gasteiger partial charge in [0.2, 0.25) is 0 Å². The monoisotopic (exact) mass is 305 g/mol. The molecule has 0 aliphatic rings. The van der Waals surface area contributed by atoms with Crippen LogP contribution in [-0.4, -0.2) is 9.55 Å². The van der Waals surface area contributed by atoms with E-state index in [2.05, 4.69) is 53.0 Å². The van der Waals surface area contributed by atoms with Gasteiger partial charge in [-0.3, -0.25) is 0 Å². The molecule has 1 aromatic carbocycles. The number of benzene rings is 1. The number of aromatic nitrogens is 2. The van der Waals surface area contributed by atoms with Crippen LogP contribution in [0.3, 0.4) is 0 Å². The van der Waals surface area contributed by atoms with Crippen molar-refractivity contribution in [1.82, 2.24) is 9.55 Å². The molecule has 0 radical (unpaired) electrons. The number of nitrogens with zero attached hydrogens (tertiary/aromatic N) is 2. The van der Waals surface area contributed by atoms with Gasteiger partial charge >= 0.3 is 0 Å². The van der Waals surface area contributed by atoms with E-state index in [1.807, 2.05) is 6.20 Å². The van der Waals surface area contributed by atoms with Crippen LogP contribution in [0.25, 0.3) is 10.9 Å². The van der Waals surface area contributed by atoms with Crippen molar-refractivity contribution in [3.63, 3.8) is 0 Å². The quantitative estimate of drug-likeness (QED) is 0.757. The minimum atomic E-state index is 0.591. The number of hydrogen-bond donors (Lipinski definition) is 1. The lowest BCUT2D eigenvalue weighted by Gasteiger charge is -2.06. The Labute approximate surface area is 127 Å². The normalized spacial score (nSPS) is 11.2. The van der Waals surface area contributed by atoms with Gasteiger partial charge in [0.25, 0.3) is 0 Å². The van der Waals surface area contributed by atoms with E-state index in [1.54, 1.807) is 0 Å². The summed E-state index contributed by atoms with van der Waals surface area (Å²) in [4.78, 5) is 5.18. The van der Waals surface area contributed by atoms with E-state index < -0.39 is 0 Å². The van der Waals surface area contributed by atoms with Gasteiger partial charge in [0.15, 0.2) is 4.47 Å². The molecule has 5 heteroatoms. The summed E-state index contributed by atoms with van der Waals surface area (Å²) in [6.07, 6.45) is 1.82. The van der Waals surface area contributed by atoms with Crippen molar-refractivity contribution in [3.05, 3.63) is 45.5 Å². The highest BCUT2D eigenvalue weighted by atomic mass is 35.5. The van der Waals surface area contributed by atoms with Gasteiger partial charge in [-0.1, -0.05) is 11.6 Å². The lowest BCUT2D eigenvalue weighted by Crippen LogP contribution is -1.98. The van der Waals surface area contributed by atoms with Crippen LogP contribution in [0, 0.1) is 6.92 Å². The van der Waals surface area contributed by atoms with E-state index in [1.165, 1.54) is 27.9 Å². The van der Waals surface area contributed by atoms with Crippen molar-refractivity contribution in [2.45, 2.75) is 26.9 Å². The number of thiazole rings is 1. The van der Waals surface area contributed by atoms with Gasteiger partial charge in [0, 0.05) is 39.9 Å².